The molecule has 0 bridgehead atoms. The number of fused-ring (bicyclic) bond motifs is 1. The Kier molecular flexibility index (Phi) is 10.0. The van der Waals surface area contributed by atoms with Crippen LogP contribution in [0.5, 0.6) is 5.75 Å². The fourth-order valence-corrected chi connectivity index (χ4v) is 2.90. The van der Waals surface area contributed by atoms with Crippen LogP contribution in [0.15, 0.2) is 18.2 Å². The monoisotopic (exact) mass is 377 g/mol. The van der Waals surface area contributed by atoms with Crippen LogP contribution in [-0.4, -0.2) is 50.8 Å². The van der Waals surface area contributed by atoms with E-state index in [4.69, 9.17) is 14.7 Å². The summed E-state index contributed by atoms with van der Waals surface area (Å²) in [4.78, 5) is 2.48. The van der Waals surface area contributed by atoms with Crippen LogP contribution in [0.25, 0.3) is 0 Å². The van der Waals surface area contributed by atoms with E-state index in [1.165, 1.54) is 0 Å². The zero-order valence-corrected chi connectivity index (χ0v) is 15.9. The lowest BCUT2D eigenvalue weighted by Crippen LogP contribution is -2.57. The van der Waals surface area contributed by atoms with E-state index < -0.39 is 0 Å². The number of benzene rings is 1. The molecule has 0 aliphatic carbocycles. The van der Waals surface area contributed by atoms with E-state index in [0.717, 1.165) is 38.3 Å². The Hall–Kier alpha value is -0.620. The molecule has 5 nitrogen and oxygen atoms in total. The van der Waals surface area contributed by atoms with Crippen LogP contribution in [0.1, 0.15) is 17.2 Å². The zero-order valence-electron chi connectivity index (χ0n) is 13.0. The summed E-state index contributed by atoms with van der Waals surface area (Å²) in [5.41, 5.74) is 1.64. The highest BCUT2D eigenvalue weighted by Gasteiger charge is 2.31. The Morgan fingerprint density at radius 3 is 2.87 bits per heavy atom. The van der Waals surface area contributed by atoms with Crippen molar-refractivity contribution < 1.29 is 9.47 Å². The number of rotatable bonds is 2. The molecule has 0 amide bonds. The maximum absolute atomic E-state index is 9.03. The highest BCUT2D eigenvalue weighted by Crippen LogP contribution is 2.29. The number of nitriles is 1. The predicted molar refractivity (Wildman–Crippen MR) is 103 cm³/mol. The van der Waals surface area contributed by atoms with E-state index in [2.05, 4.69) is 16.3 Å². The minimum absolute atomic E-state index is 0. The molecule has 1 aromatic rings. The Bertz CT molecular complexity index is 542. The van der Waals surface area contributed by atoms with Crippen LogP contribution in [0, 0.1) is 11.3 Å². The third-order valence-corrected chi connectivity index (χ3v) is 4.08. The van der Waals surface area contributed by atoms with Crippen LogP contribution in [-0.2, 0) is 4.74 Å². The van der Waals surface area contributed by atoms with Crippen molar-refractivity contribution in [1.82, 2.24) is 10.2 Å². The fourth-order valence-electron chi connectivity index (χ4n) is 2.90. The fraction of sp³-hybridized carbons (Fsp3) is 0.533. The van der Waals surface area contributed by atoms with Crippen molar-refractivity contribution in [2.24, 2.45) is 0 Å². The molecule has 130 valence electrons. The maximum atomic E-state index is 9.03. The van der Waals surface area contributed by atoms with Gasteiger partial charge in [-0.3, -0.25) is 4.90 Å². The summed E-state index contributed by atoms with van der Waals surface area (Å²) in [7, 11) is 1.59. The largest absolute Gasteiger partial charge is 0.495 e. The van der Waals surface area contributed by atoms with E-state index in [-0.39, 0.29) is 45.5 Å². The molecule has 2 saturated heterocycles. The first-order chi connectivity index (χ1) is 9.81. The molecular weight excluding hydrogens is 354 g/mol. The van der Waals surface area contributed by atoms with Crippen molar-refractivity contribution in [3.63, 3.8) is 0 Å². The number of piperazine rings is 1. The number of methoxy groups -OCH3 is 1. The van der Waals surface area contributed by atoms with Gasteiger partial charge in [-0.25, -0.2) is 0 Å². The maximum Gasteiger partial charge on any atom is 0.136 e. The topological polar surface area (TPSA) is 57.5 Å². The van der Waals surface area contributed by atoms with Gasteiger partial charge in [0.05, 0.1) is 25.4 Å². The average molecular weight is 378 g/mol. The molecule has 2 aliphatic rings. The third-order valence-electron chi connectivity index (χ3n) is 4.08. The molecule has 2 aliphatic heterocycles. The van der Waals surface area contributed by atoms with Gasteiger partial charge in [0.25, 0.3) is 0 Å². The van der Waals surface area contributed by atoms with Crippen LogP contribution in [0.2, 0.25) is 0 Å². The molecule has 3 rings (SSSR count). The van der Waals surface area contributed by atoms with Gasteiger partial charge in [-0.1, -0.05) is 6.07 Å². The number of hydrogen-bond acceptors (Lipinski definition) is 5. The van der Waals surface area contributed by atoms with E-state index in [0.29, 0.717) is 17.4 Å². The van der Waals surface area contributed by atoms with Crippen LogP contribution in [0.3, 0.4) is 0 Å². The summed E-state index contributed by atoms with van der Waals surface area (Å²) in [5, 5.41) is 12.4. The smallest absolute Gasteiger partial charge is 0.136 e. The molecule has 2 fully saturated rings. The van der Waals surface area contributed by atoms with Crippen molar-refractivity contribution in [2.45, 2.75) is 12.1 Å². The van der Waals surface area contributed by atoms with E-state index >= 15 is 0 Å². The first kappa shape index (κ1) is 22.4. The highest BCUT2D eigenvalue weighted by atomic mass is 35.5. The van der Waals surface area contributed by atoms with E-state index in [1.54, 1.807) is 13.2 Å². The van der Waals surface area contributed by atoms with Gasteiger partial charge in [0.2, 0.25) is 0 Å². The lowest BCUT2D eigenvalue weighted by atomic mass is 10.0. The molecule has 8 heteroatoms. The van der Waals surface area contributed by atoms with Crippen LogP contribution >= 0.6 is 39.4 Å². The molecule has 0 spiro atoms. The van der Waals surface area contributed by atoms with Gasteiger partial charge in [-0.05, 0) is 17.7 Å². The summed E-state index contributed by atoms with van der Waals surface area (Å²) in [6.45, 7) is 4.77. The first-order valence-corrected chi connectivity index (χ1v) is 6.96. The molecule has 2 atom stereocenters. The number of hydrogen-bond donors (Lipinski definition) is 1. The Morgan fingerprint density at radius 2 is 2.17 bits per heavy atom. The van der Waals surface area contributed by atoms with E-state index in [9.17, 15) is 0 Å². The van der Waals surface area contributed by atoms with Crippen molar-refractivity contribution in [2.75, 3.05) is 39.9 Å². The molecule has 0 aromatic heterocycles. The van der Waals surface area contributed by atoms with Gasteiger partial charge in [0.1, 0.15) is 11.8 Å². The first-order valence-electron chi connectivity index (χ1n) is 6.96. The number of halogens is 1. The Balaban J connectivity index is 0.00000161. The molecule has 0 saturated carbocycles. The zero-order chi connectivity index (χ0) is 13.9. The molecule has 2 heterocycles. The van der Waals surface area contributed by atoms with Crippen molar-refractivity contribution in [3.05, 3.63) is 29.3 Å². The number of nitrogens with one attached hydrogen (secondary N) is 1. The number of nitrogens with zero attached hydrogens (tertiary/aromatic N) is 2. The van der Waals surface area contributed by atoms with Gasteiger partial charge in [0.15, 0.2) is 0 Å². The summed E-state index contributed by atoms with van der Waals surface area (Å²) in [5.74, 6) is 0.621. The van der Waals surface area contributed by atoms with Gasteiger partial charge < -0.3 is 14.8 Å². The normalized spacial score (nSPS) is 23.1. The Morgan fingerprint density at radius 1 is 1.39 bits per heavy atom. The predicted octanol–water partition coefficient (Wildman–Crippen LogP) is 1.56. The second-order valence-corrected chi connectivity index (χ2v) is 5.25. The van der Waals surface area contributed by atoms with Gasteiger partial charge in [0, 0.05) is 32.2 Å². The van der Waals surface area contributed by atoms with E-state index in [1.807, 2.05) is 12.1 Å². The summed E-state index contributed by atoms with van der Waals surface area (Å²) < 4.78 is 11.3. The second kappa shape index (κ2) is 10.3. The summed E-state index contributed by atoms with van der Waals surface area (Å²) in [6, 6.07) is 8.32. The number of ether oxygens (including phenoxy) is 2. The minimum atomic E-state index is 0. The van der Waals surface area contributed by atoms with Gasteiger partial charge >= 0.3 is 0 Å². The third kappa shape index (κ3) is 4.92. The molecule has 0 radical (unpaired) electrons. The minimum Gasteiger partial charge on any atom is -0.495 e. The summed E-state index contributed by atoms with van der Waals surface area (Å²) in [6.07, 6.45) is 0.0611. The molecular formula is C15H24ClN3O2S2. The molecule has 1 N–H and O–H groups in total. The summed E-state index contributed by atoms with van der Waals surface area (Å²) >= 11 is 0. The average Bonchev–Trinajstić information content (AvgIpc) is 2.53. The standard InChI is InChI=1S/C15H19N3O2.ClH.2H2S/c1-19-14-6-11(2-3-12(14)7-16)15-9-18-5-4-17-8-13(18)10-20-15;;;/h2-3,6,13,15,17H,4-5,8-10H2,1H3;1H;2*1H2/t13-,15+;;;/m0.../s1. The lowest BCUT2D eigenvalue weighted by molar-refractivity contribution is -0.0718. The quantitative estimate of drug-likeness (QED) is 0.847. The van der Waals surface area contributed by atoms with Crippen LogP contribution < -0.4 is 10.1 Å². The van der Waals surface area contributed by atoms with Gasteiger partial charge in [-0.15, -0.1) is 12.4 Å². The van der Waals surface area contributed by atoms with Crippen molar-refractivity contribution in [3.8, 4) is 11.8 Å². The molecule has 1 aromatic carbocycles. The molecule has 0 unspecified atom stereocenters. The Labute approximate surface area is 157 Å². The second-order valence-electron chi connectivity index (χ2n) is 5.25. The van der Waals surface area contributed by atoms with Gasteiger partial charge in [-0.2, -0.15) is 32.3 Å². The number of morpholine rings is 1. The SMILES string of the molecule is COc1cc([C@H]2CN3CCNC[C@H]3CO2)ccc1C#N.Cl.S.S. The lowest BCUT2D eigenvalue weighted by Gasteiger charge is -2.42. The highest BCUT2D eigenvalue weighted by molar-refractivity contribution is 7.59. The molecule has 23 heavy (non-hydrogen) atoms. The van der Waals surface area contributed by atoms with Crippen molar-refractivity contribution in [1.29, 1.82) is 5.26 Å². The van der Waals surface area contributed by atoms with Crippen molar-refractivity contribution >= 4 is 39.4 Å². The van der Waals surface area contributed by atoms with Crippen LogP contribution in [0.4, 0.5) is 0 Å².